The Balaban J connectivity index is 1.77. The maximum absolute atomic E-state index is 6.77. The van der Waals surface area contributed by atoms with Gasteiger partial charge in [0.2, 0.25) is 0 Å². The highest BCUT2D eigenvalue weighted by molar-refractivity contribution is 6.95. The van der Waals surface area contributed by atoms with Crippen molar-refractivity contribution in [1.82, 2.24) is 0 Å². The molecule has 1 aliphatic rings. The van der Waals surface area contributed by atoms with Crippen molar-refractivity contribution in [3.63, 3.8) is 0 Å². The number of hydrogen-bond donors (Lipinski definition) is 0. The summed E-state index contributed by atoms with van der Waals surface area (Å²) in [5.41, 5.74) is 7.93. The smallest absolute Gasteiger partial charge is 0.272 e. The van der Waals surface area contributed by atoms with Gasteiger partial charge >= 0.3 is 0 Å². The van der Waals surface area contributed by atoms with Crippen LogP contribution in [0.1, 0.15) is 25.7 Å². The first-order valence-electron chi connectivity index (χ1n) is 10.6. The lowest BCUT2D eigenvalue weighted by molar-refractivity contribution is 0.0651. The van der Waals surface area contributed by atoms with E-state index in [1.165, 1.54) is 10.4 Å². The third-order valence-electron chi connectivity index (χ3n) is 5.96. The average Bonchev–Trinajstić information content (AvgIpc) is 2.82. The van der Waals surface area contributed by atoms with E-state index in [1.807, 2.05) is 59.2 Å². The molecule has 0 aliphatic heterocycles. The maximum Gasteiger partial charge on any atom is 0.272 e. The van der Waals surface area contributed by atoms with E-state index >= 15 is 0 Å². The second-order valence-electron chi connectivity index (χ2n) is 7.78. The third kappa shape index (κ3) is 4.73. The zero-order chi connectivity index (χ0) is 21.5. The Hall–Kier alpha value is -2.25. The second kappa shape index (κ2) is 10.2. The molecule has 0 aromatic heterocycles. The van der Waals surface area contributed by atoms with E-state index in [9.17, 15) is 0 Å². The molecule has 3 rings (SSSR count). The van der Waals surface area contributed by atoms with Crippen molar-refractivity contribution in [3.8, 4) is 0 Å². The van der Waals surface area contributed by atoms with Crippen molar-refractivity contribution in [1.29, 1.82) is 0 Å². The molecule has 156 valence electrons. The van der Waals surface area contributed by atoms with Gasteiger partial charge in [-0.25, -0.2) is 0 Å². The molecule has 0 saturated heterocycles. The fourth-order valence-electron chi connectivity index (χ4n) is 4.23. The van der Waals surface area contributed by atoms with Crippen LogP contribution < -0.4 is 10.4 Å². The van der Waals surface area contributed by atoms with E-state index in [0.29, 0.717) is 0 Å². The van der Waals surface area contributed by atoms with Crippen LogP contribution in [-0.2, 0) is 8.85 Å². The molecule has 0 bridgehead atoms. The van der Waals surface area contributed by atoms with Gasteiger partial charge in [0.25, 0.3) is 16.6 Å². The van der Waals surface area contributed by atoms with Crippen LogP contribution in [0.4, 0.5) is 0 Å². The van der Waals surface area contributed by atoms with E-state index in [1.54, 1.807) is 0 Å². The van der Waals surface area contributed by atoms with E-state index in [2.05, 4.69) is 50.6 Å². The Labute approximate surface area is 183 Å². The zero-order valence-corrected chi connectivity index (χ0v) is 19.7. The second-order valence-corrected chi connectivity index (χ2v) is 14.2. The van der Waals surface area contributed by atoms with Crippen LogP contribution in [0.3, 0.4) is 0 Å². The molecule has 1 saturated carbocycles. The standard InChI is InChI=1S/C26H32O2Si2/c1-5-29(6-2,25-18-11-9-12-19-25)27-23-16-15-17-24(22-23)28-30(7-3,8-4)26-20-13-10-14-21-26/h5-14,18-21,23-24H,1-4,15-17,22H2. The molecule has 4 heteroatoms. The van der Waals surface area contributed by atoms with Gasteiger partial charge in [0.05, 0.1) is 0 Å². The highest BCUT2D eigenvalue weighted by Crippen LogP contribution is 2.29. The van der Waals surface area contributed by atoms with Gasteiger partial charge < -0.3 is 8.85 Å². The van der Waals surface area contributed by atoms with Gasteiger partial charge in [-0.05, 0) is 36.1 Å². The number of benzene rings is 2. The molecule has 2 atom stereocenters. The molecule has 30 heavy (non-hydrogen) atoms. The van der Waals surface area contributed by atoms with Crippen LogP contribution in [-0.4, -0.2) is 28.8 Å². The lowest BCUT2D eigenvalue weighted by atomic mass is 9.95. The van der Waals surface area contributed by atoms with Crippen LogP contribution in [0.2, 0.25) is 0 Å². The number of rotatable bonds is 10. The van der Waals surface area contributed by atoms with Crippen molar-refractivity contribution < 1.29 is 8.85 Å². The molecule has 0 amide bonds. The molecule has 1 fully saturated rings. The molecule has 0 spiro atoms. The molecule has 2 unspecified atom stereocenters. The Morgan fingerprint density at radius 3 is 1.33 bits per heavy atom. The van der Waals surface area contributed by atoms with Gasteiger partial charge in [-0.15, -0.1) is 26.3 Å². The van der Waals surface area contributed by atoms with Gasteiger partial charge in [-0.2, -0.15) is 0 Å². The van der Waals surface area contributed by atoms with Gasteiger partial charge in [0, 0.05) is 12.2 Å². The van der Waals surface area contributed by atoms with Crippen molar-refractivity contribution in [2.24, 2.45) is 0 Å². The Kier molecular flexibility index (Phi) is 7.61. The quantitative estimate of drug-likeness (QED) is 0.495. The van der Waals surface area contributed by atoms with E-state index in [0.717, 1.165) is 25.7 Å². The van der Waals surface area contributed by atoms with Crippen molar-refractivity contribution in [3.05, 3.63) is 110 Å². The van der Waals surface area contributed by atoms with Crippen molar-refractivity contribution in [2.75, 3.05) is 0 Å². The minimum absolute atomic E-state index is 0.128. The molecule has 0 radical (unpaired) electrons. The van der Waals surface area contributed by atoms with Gasteiger partial charge in [0.1, 0.15) is 0 Å². The Morgan fingerprint density at radius 2 is 1.00 bits per heavy atom. The Morgan fingerprint density at radius 1 is 0.633 bits per heavy atom. The first-order valence-corrected chi connectivity index (χ1v) is 14.7. The highest BCUT2D eigenvalue weighted by atomic mass is 28.4. The maximum atomic E-state index is 6.77. The van der Waals surface area contributed by atoms with Gasteiger partial charge in [-0.1, -0.05) is 83.5 Å². The molecule has 0 N–H and O–H groups in total. The number of hydrogen-bond acceptors (Lipinski definition) is 2. The average molecular weight is 433 g/mol. The molecule has 0 heterocycles. The van der Waals surface area contributed by atoms with Crippen LogP contribution in [0.15, 0.2) is 110 Å². The third-order valence-corrected chi connectivity index (χ3v) is 12.3. The normalized spacial score (nSPS) is 19.6. The first-order chi connectivity index (χ1) is 14.6. The summed E-state index contributed by atoms with van der Waals surface area (Å²) in [6.07, 6.45) is 4.27. The SMILES string of the molecule is C=C[Si](C=C)(OC1CCCC(O[Si](C=C)(C=C)c2ccccc2)C1)c1ccccc1. The van der Waals surface area contributed by atoms with Gasteiger partial charge in [0.15, 0.2) is 0 Å². The van der Waals surface area contributed by atoms with Gasteiger partial charge in [-0.3, -0.25) is 0 Å². The molecule has 2 nitrogen and oxygen atoms in total. The van der Waals surface area contributed by atoms with E-state index in [4.69, 9.17) is 8.85 Å². The fraction of sp³-hybridized carbons (Fsp3) is 0.231. The molecular formula is C26H32O2Si2. The Bertz CT molecular complexity index is 776. The first kappa shape index (κ1) is 22.4. The molecular weight excluding hydrogens is 400 g/mol. The molecule has 2 aromatic rings. The summed E-state index contributed by atoms with van der Waals surface area (Å²) >= 11 is 0. The lowest BCUT2D eigenvalue weighted by Crippen LogP contribution is -2.53. The molecule has 2 aromatic carbocycles. The highest BCUT2D eigenvalue weighted by Gasteiger charge is 2.39. The van der Waals surface area contributed by atoms with E-state index in [-0.39, 0.29) is 12.2 Å². The van der Waals surface area contributed by atoms with Crippen molar-refractivity contribution >= 4 is 27.0 Å². The summed E-state index contributed by atoms with van der Waals surface area (Å²) in [7, 11) is -4.86. The zero-order valence-electron chi connectivity index (χ0n) is 17.7. The molecule has 1 aliphatic carbocycles. The fourth-order valence-corrected chi connectivity index (χ4v) is 9.12. The minimum atomic E-state index is -2.43. The van der Waals surface area contributed by atoms with E-state index < -0.39 is 16.6 Å². The summed E-state index contributed by atoms with van der Waals surface area (Å²) in [6, 6.07) is 20.7. The topological polar surface area (TPSA) is 18.5 Å². The minimum Gasteiger partial charge on any atom is -0.402 e. The largest absolute Gasteiger partial charge is 0.402 e. The van der Waals surface area contributed by atoms with Crippen LogP contribution in [0.25, 0.3) is 0 Å². The van der Waals surface area contributed by atoms with Crippen molar-refractivity contribution in [2.45, 2.75) is 37.9 Å². The summed E-state index contributed by atoms with van der Waals surface area (Å²) in [4.78, 5) is 0. The van der Waals surface area contributed by atoms with Crippen LogP contribution in [0.5, 0.6) is 0 Å². The summed E-state index contributed by atoms with van der Waals surface area (Å²) in [6.45, 7) is 16.4. The lowest BCUT2D eigenvalue weighted by Gasteiger charge is -2.38. The summed E-state index contributed by atoms with van der Waals surface area (Å²) in [5, 5.41) is 2.37. The van der Waals surface area contributed by atoms with Crippen LogP contribution in [0, 0.1) is 0 Å². The summed E-state index contributed by atoms with van der Waals surface area (Å²) in [5.74, 6) is 0. The summed E-state index contributed by atoms with van der Waals surface area (Å²) < 4.78 is 13.5. The predicted octanol–water partition coefficient (Wildman–Crippen LogP) is 4.94. The monoisotopic (exact) mass is 432 g/mol. The van der Waals surface area contributed by atoms with Crippen LogP contribution >= 0.6 is 0 Å². The predicted molar refractivity (Wildman–Crippen MR) is 133 cm³/mol.